The molecule has 0 bridgehead atoms. The molecule has 0 amide bonds. The minimum Gasteiger partial charge on any atom is -0.384 e. The fourth-order valence-corrected chi connectivity index (χ4v) is 2.45. The molecule has 2 atom stereocenters. The molecule has 0 aromatic heterocycles. The first kappa shape index (κ1) is 16.2. The second kappa shape index (κ2) is 9.11. The molecule has 0 spiro atoms. The van der Waals surface area contributed by atoms with Gasteiger partial charge in [0.1, 0.15) is 0 Å². The molecule has 2 nitrogen and oxygen atoms in total. The Labute approximate surface area is 118 Å². The summed E-state index contributed by atoms with van der Waals surface area (Å²) >= 11 is 0. The highest BCUT2D eigenvalue weighted by atomic mass is 16.5. The summed E-state index contributed by atoms with van der Waals surface area (Å²) in [6.07, 6.45) is 1.17. The molecule has 0 radical (unpaired) electrons. The average molecular weight is 263 g/mol. The maximum Gasteiger partial charge on any atom is 0.0488 e. The lowest BCUT2D eigenvalue weighted by Gasteiger charge is -2.22. The highest BCUT2D eigenvalue weighted by molar-refractivity contribution is 5.20. The zero-order chi connectivity index (χ0) is 14.1. The van der Waals surface area contributed by atoms with Crippen molar-refractivity contribution in [1.29, 1.82) is 0 Å². The Morgan fingerprint density at radius 2 is 1.74 bits per heavy atom. The Morgan fingerprint density at radius 1 is 1.05 bits per heavy atom. The van der Waals surface area contributed by atoms with Crippen LogP contribution in [0.15, 0.2) is 30.3 Å². The van der Waals surface area contributed by atoms with Gasteiger partial charge in [-0.05, 0) is 36.3 Å². The third-order valence-corrected chi connectivity index (χ3v) is 3.35. The van der Waals surface area contributed by atoms with E-state index in [1.807, 2.05) is 0 Å². The van der Waals surface area contributed by atoms with Crippen molar-refractivity contribution in [2.45, 2.75) is 33.1 Å². The molecule has 1 N–H and O–H groups in total. The number of rotatable bonds is 9. The predicted molar refractivity (Wildman–Crippen MR) is 82.5 cm³/mol. The van der Waals surface area contributed by atoms with Crippen LogP contribution in [0.3, 0.4) is 0 Å². The van der Waals surface area contributed by atoms with Crippen molar-refractivity contribution in [2.24, 2.45) is 11.8 Å². The topological polar surface area (TPSA) is 21.3 Å². The number of nitrogens with one attached hydrogen (secondary N) is 1. The molecule has 2 heteroatoms. The van der Waals surface area contributed by atoms with Crippen molar-refractivity contribution in [2.75, 3.05) is 26.8 Å². The summed E-state index contributed by atoms with van der Waals surface area (Å²) in [4.78, 5) is 0. The molecular weight excluding hydrogens is 234 g/mol. The molecule has 19 heavy (non-hydrogen) atoms. The Hall–Kier alpha value is -0.860. The molecule has 1 rings (SSSR count). The molecule has 108 valence electrons. The average Bonchev–Trinajstić information content (AvgIpc) is 2.38. The van der Waals surface area contributed by atoms with Crippen LogP contribution in [0.4, 0.5) is 0 Å². The third kappa shape index (κ3) is 6.74. The molecule has 0 heterocycles. The van der Waals surface area contributed by atoms with Crippen molar-refractivity contribution in [3.63, 3.8) is 0 Å². The lowest BCUT2D eigenvalue weighted by molar-refractivity contribution is 0.151. The molecular formula is C17H29NO. The number of ether oxygens (including phenoxy) is 1. The van der Waals surface area contributed by atoms with Gasteiger partial charge in [-0.15, -0.1) is 0 Å². The Bertz CT molecular complexity index is 323. The number of methoxy groups -OCH3 is 1. The maximum absolute atomic E-state index is 5.26. The van der Waals surface area contributed by atoms with E-state index in [-0.39, 0.29) is 0 Å². The van der Waals surface area contributed by atoms with Crippen molar-refractivity contribution in [3.05, 3.63) is 35.9 Å². The van der Waals surface area contributed by atoms with Gasteiger partial charge in [0.05, 0.1) is 0 Å². The Kier molecular flexibility index (Phi) is 7.76. The summed E-state index contributed by atoms with van der Waals surface area (Å²) in [5, 5.41) is 3.59. The van der Waals surface area contributed by atoms with Gasteiger partial charge in [-0.25, -0.2) is 0 Å². The summed E-state index contributed by atoms with van der Waals surface area (Å²) in [5.41, 5.74) is 1.43. The van der Waals surface area contributed by atoms with Crippen molar-refractivity contribution >= 4 is 0 Å². The summed E-state index contributed by atoms with van der Waals surface area (Å²) < 4.78 is 5.26. The largest absolute Gasteiger partial charge is 0.384 e. The van der Waals surface area contributed by atoms with E-state index >= 15 is 0 Å². The number of benzene rings is 1. The van der Waals surface area contributed by atoms with Gasteiger partial charge >= 0.3 is 0 Å². The molecule has 0 aliphatic heterocycles. The predicted octanol–water partition coefficient (Wildman–Crippen LogP) is 3.69. The number of hydrogen-bond donors (Lipinski definition) is 1. The van der Waals surface area contributed by atoms with Crippen LogP contribution in [0.2, 0.25) is 0 Å². The molecule has 0 saturated carbocycles. The van der Waals surface area contributed by atoms with Crippen molar-refractivity contribution in [3.8, 4) is 0 Å². The normalized spacial score (nSPS) is 14.6. The van der Waals surface area contributed by atoms with E-state index < -0.39 is 0 Å². The molecule has 1 aromatic carbocycles. The first-order valence-electron chi connectivity index (χ1n) is 7.38. The monoisotopic (exact) mass is 263 g/mol. The first-order valence-corrected chi connectivity index (χ1v) is 7.38. The lowest BCUT2D eigenvalue weighted by atomic mass is 9.89. The fourth-order valence-electron chi connectivity index (χ4n) is 2.45. The zero-order valence-corrected chi connectivity index (χ0v) is 12.9. The van der Waals surface area contributed by atoms with Crippen LogP contribution in [-0.2, 0) is 4.74 Å². The van der Waals surface area contributed by atoms with Crippen LogP contribution in [0.5, 0.6) is 0 Å². The van der Waals surface area contributed by atoms with E-state index in [4.69, 9.17) is 4.74 Å². The van der Waals surface area contributed by atoms with Gasteiger partial charge in [0.15, 0.2) is 0 Å². The van der Waals surface area contributed by atoms with Crippen LogP contribution in [0, 0.1) is 11.8 Å². The van der Waals surface area contributed by atoms with Gasteiger partial charge in [0.2, 0.25) is 0 Å². The van der Waals surface area contributed by atoms with E-state index in [9.17, 15) is 0 Å². The minimum absolute atomic E-state index is 0.574. The second-order valence-electron chi connectivity index (χ2n) is 5.96. The van der Waals surface area contributed by atoms with Crippen LogP contribution < -0.4 is 5.32 Å². The van der Waals surface area contributed by atoms with Crippen molar-refractivity contribution < 1.29 is 4.74 Å². The minimum atomic E-state index is 0.574. The maximum atomic E-state index is 5.26. The summed E-state index contributed by atoms with van der Waals surface area (Å²) in [6.45, 7) is 9.74. The van der Waals surface area contributed by atoms with Gasteiger partial charge in [-0.1, -0.05) is 51.1 Å². The van der Waals surface area contributed by atoms with E-state index in [1.165, 1.54) is 12.0 Å². The van der Waals surface area contributed by atoms with Crippen molar-refractivity contribution in [1.82, 2.24) is 5.32 Å². The van der Waals surface area contributed by atoms with Gasteiger partial charge in [0, 0.05) is 20.3 Å². The lowest BCUT2D eigenvalue weighted by Crippen LogP contribution is -2.27. The zero-order valence-electron chi connectivity index (χ0n) is 12.9. The van der Waals surface area contributed by atoms with Gasteiger partial charge in [-0.3, -0.25) is 0 Å². The highest BCUT2D eigenvalue weighted by Crippen LogP contribution is 2.23. The van der Waals surface area contributed by atoms with Crippen LogP contribution in [0.25, 0.3) is 0 Å². The van der Waals surface area contributed by atoms with E-state index in [0.29, 0.717) is 17.8 Å². The van der Waals surface area contributed by atoms with Crippen LogP contribution >= 0.6 is 0 Å². The summed E-state index contributed by atoms with van der Waals surface area (Å²) in [7, 11) is 1.78. The Morgan fingerprint density at radius 3 is 2.32 bits per heavy atom. The van der Waals surface area contributed by atoms with Crippen LogP contribution in [0.1, 0.15) is 38.7 Å². The Balaban J connectivity index is 2.57. The quantitative estimate of drug-likeness (QED) is 0.733. The summed E-state index contributed by atoms with van der Waals surface area (Å²) in [5.74, 6) is 1.87. The fraction of sp³-hybridized carbons (Fsp3) is 0.647. The van der Waals surface area contributed by atoms with Gasteiger partial charge < -0.3 is 10.1 Å². The van der Waals surface area contributed by atoms with Gasteiger partial charge in [-0.2, -0.15) is 0 Å². The molecule has 1 aromatic rings. The summed E-state index contributed by atoms with van der Waals surface area (Å²) in [6, 6.07) is 10.8. The molecule has 0 saturated heterocycles. The molecule has 0 aliphatic rings. The van der Waals surface area contributed by atoms with Gasteiger partial charge in [0.25, 0.3) is 0 Å². The highest BCUT2D eigenvalue weighted by Gasteiger charge is 2.15. The van der Waals surface area contributed by atoms with E-state index in [0.717, 1.165) is 19.7 Å². The third-order valence-electron chi connectivity index (χ3n) is 3.35. The van der Waals surface area contributed by atoms with E-state index in [2.05, 4.69) is 56.4 Å². The molecule has 0 fully saturated rings. The molecule has 2 unspecified atom stereocenters. The smallest absolute Gasteiger partial charge is 0.0488 e. The van der Waals surface area contributed by atoms with Crippen LogP contribution in [-0.4, -0.2) is 26.8 Å². The number of hydrogen-bond acceptors (Lipinski definition) is 2. The second-order valence-corrected chi connectivity index (χ2v) is 5.96. The van der Waals surface area contributed by atoms with E-state index in [1.54, 1.807) is 7.11 Å². The standard InChI is InChI=1S/C17H29NO/c1-14(2)11-18-12-17(10-15(3)13-19-4)16-8-6-5-7-9-16/h5-9,14-15,17-18H,10-13H2,1-4H3. The first-order chi connectivity index (χ1) is 9.13. The SMILES string of the molecule is COCC(C)CC(CNCC(C)C)c1ccccc1. The molecule has 0 aliphatic carbocycles.